The molecule has 5 aliphatic rings. The number of hydrogen-bond donors (Lipinski definition) is 0. The minimum absolute atomic E-state index is 0.0936. The Bertz CT molecular complexity index is 3750. The van der Waals surface area contributed by atoms with Gasteiger partial charge in [0.05, 0.1) is 11.4 Å². The van der Waals surface area contributed by atoms with Gasteiger partial charge in [-0.2, -0.15) is 0 Å². The highest BCUT2D eigenvalue weighted by atomic mass is 15.1. The summed E-state index contributed by atoms with van der Waals surface area (Å²) < 4.78 is 0. The maximum Gasteiger partial charge on any atom is 0.0540 e. The van der Waals surface area contributed by atoms with Crippen molar-refractivity contribution in [2.45, 2.75) is 37.5 Å². The lowest BCUT2D eigenvalue weighted by Crippen LogP contribution is -2.55. The zero-order chi connectivity index (χ0) is 44.5. The molecule has 0 amide bonds. The summed E-state index contributed by atoms with van der Waals surface area (Å²) in [4.78, 5) is 5.02. The van der Waals surface area contributed by atoms with Crippen LogP contribution in [0.3, 0.4) is 0 Å². The van der Waals surface area contributed by atoms with E-state index in [-0.39, 0.29) is 5.41 Å². The molecule has 0 aromatic heterocycles. The number of rotatable bonds is 7. The van der Waals surface area contributed by atoms with E-state index >= 15 is 0 Å². The van der Waals surface area contributed by atoms with Crippen LogP contribution < -0.4 is 9.80 Å². The van der Waals surface area contributed by atoms with Gasteiger partial charge in [0.1, 0.15) is 0 Å². The fourth-order valence-corrected chi connectivity index (χ4v) is 14.6. The summed E-state index contributed by atoms with van der Waals surface area (Å²) in [6, 6.07) is 82.4. The van der Waals surface area contributed by atoms with Crippen LogP contribution in [0.25, 0.3) is 65.3 Å². The Morgan fingerprint density at radius 2 is 0.838 bits per heavy atom. The van der Waals surface area contributed by atoms with Crippen LogP contribution in [0.4, 0.5) is 34.1 Å². The van der Waals surface area contributed by atoms with Crippen molar-refractivity contribution in [2.24, 2.45) is 23.7 Å². The number of benzene rings is 11. The fraction of sp³-hybridized carbons (Fsp3) is 0.152. The second-order valence-electron chi connectivity index (χ2n) is 20.5. The molecular formula is C66H50N2. The van der Waals surface area contributed by atoms with Crippen molar-refractivity contribution in [3.05, 3.63) is 230 Å². The van der Waals surface area contributed by atoms with Crippen molar-refractivity contribution < 1.29 is 0 Å². The monoisotopic (exact) mass is 870 g/mol. The standard InChI is InChI=1S/C66H50N2/c1-3-15-52(16-4-1)67(54-19-11-14-48(40-54)49-23-22-44-12-7-8-13-47(44)39-49)62-32-26-45-25-30-59-63(33-27-46-24-29-58(62)64(45)65(46)59)68(53-17-5-2-6-18-53)55-28-31-57-56-20-9-10-21-60(56)66(61(57)41-55)50-35-42-34-43(37-50)38-51(66)36-42/h1-33,39-43,50-51H,34-38H2. The van der Waals surface area contributed by atoms with Crippen LogP contribution in [0.5, 0.6) is 0 Å². The van der Waals surface area contributed by atoms with Crippen LogP contribution in [0.15, 0.2) is 218 Å². The van der Waals surface area contributed by atoms with Gasteiger partial charge < -0.3 is 9.80 Å². The largest absolute Gasteiger partial charge is 0.310 e. The molecule has 0 heterocycles. The lowest BCUT2D eigenvalue weighted by molar-refractivity contribution is -0.0399. The van der Waals surface area contributed by atoms with Crippen molar-refractivity contribution >= 4 is 77.2 Å². The van der Waals surface area contributed by atoms with Gasteiger partial charge >= 0.3 is 0 Å². The van der Waals surface area contributed by atoms with Crippen molar-refractivity contribution in [3.8, 4) is 22.3 Å². The van der Waals surface area contributed by atoms with Crippen LogP contribution in [-0.4, -0.2) is 0 Å². The van der Waals surface area contributed by atoms with Crippen molar-refractivity contribution in [1.82, 2.24) is 0 Å². The van der Waals surface area contributed by atoms with Gasteiger partial charge in [0.25, 0.3) is 0 Å². The van der Waals surface area contributed by atoms with Gasteiger partial charge in [0.15, 0.2) is 0 Å². The first-order chi connectivity index (χ1) is 33.7. The maximum absolute atomic E-state index is 2.64. The summed E-state index contributed by atoms with van der Waals surface area (Å²) in [5, 5.41) is 10.1. The van der Waals surface area contributed by atoms with E-state index in [9.17, 15) is 0 Å². The second kappa shape index (κ2) is 14.7. The molecule has 1 spiro atoms. The van der Waals surface area contributed by atoms with E-state index in [0.29, 0.717) is 11.8 Å². The first-order valence-electron chi connectivity index (χ1n) is 24.9. The molecule has 0 unspecified atom stereocenters. The molecule has 11 aromatic rings. The van der Waals surface area contributed by atoms with E-state index in [1.165, 1.54) is 120 Å². The molecule has 2 heteroatoms. The van der Waals surface area contributed by atoms with Gasteiger partial charge in [-0.15, -0.1) is 0 Å². The highest BCUT2D eigenvalue weighted by Crippen LogP contribution is 2.69. The third-order valence-corrected chi connectivity index (χ3v) is 17.1. The van der Waals surface area contributed by atoms with Crippen molar-refractivity contribution in [1.29, 1.82) is 0 Å². The Balaban J connectivity index is 0.915. The van der Waals surface area contributed by atoms with Gasteiger partial charge in [-0.25, -0.2) is 0 Å². The zero-order valence-electron chi connectivity index (χ0n) is 38.0. The summed E-state index contributed by atoms with van der Waals surface area (Å²) >= 11 is 0. The number of fused-ring (bicyclic) bond motifs is 4. The Morgan fingerprint density at radius 1 is 0.324 bits per heavy atom. The van der Waals surface area contributed by atoms with Gasteiger partial charge in [-0.3, -0.25) is 0 Å². The average molecular weight is 871 g/mol. The molecule has 4 fully saturated rings. The van der Waals surface area contributed by atoms with Crippen LogP contribution >= 0.6 is 0 Å². The highest BCUT2D eigenvalue weighted by molar-refractivity contribution is 6.28. The number of para-hydroxylation sites is 2. The van der Waals surface area contributed by atoms with E-state index in [4.69, 9.17) is 0 Å². The predicted octanol–water partition coefficient (Wildman–Crippen LogP) is 18.1. The molecule has 4 saturated carbocycles. The minimum atomic E-state index is 0.0936. The molecule has 2 nitrogen and oxygen atoms in total. The lowest BCUT2D eigenvalue weighted by Gasteiger charge is -2.61. The predicted molar refractivity (Wildman–Crippen MR) is 286 cm³/mol. The molecule has 11 aromatic carbocycles. The quantitative estimate of drug-likeness (QED) is 0.147. The summed E-state index contributed by atoms with van der Waals surface area (Å²) in [5.74, 6) is 3.23. The van der Waals surface area contributed by atoms with Crippen LogP contribution in [0, 0.1) is 23.7 Å². The van der Waals surface area contributed by atoms with E-state index in [2.05, 4.69) is 228 Å². The Hall–Kier alpha value is -7.68. The van der Waals surface area contributed by atoms with Gasteiger partial charge in [0, 0.05) is 38.9 Å². The third-order valence-electron chi connectivity index (χ3n) is 17.1. The molecule has 16 rings (SSSR count). The van der Waals surface area contributed by atoms with Crippen LogP contribution in [0.2, 0.25) is 0 Å². The molecule has 68 heavy (non-hydrogen) atoms. The van der Waals surface area contributed by atoms with Crippen molar-refractivity contribution in [3.63, 3.8) is 0 Å². The molecule has 4 bridgehead atoms. The molecule has 0 saturated heterocycles. The fourth-order valence-electron chi connectivity index (χ4n) is 14.6. The van der Waals surface area contributed by atoms with Crippen molar-refractivity contribution in [2.75, 3.05) is 9.80 Å². The van der Waals surface area contributed by atoms with E-state index < -0.39 is 0 Å². The molecule has 324 valence electrons. The third kappa shape index (κ3) is 5.52. The molecule has 5 aliphatic carbocycles. The summed E-state index contributed by atoms with van der Waals surface area (Å²) in [6.45, 7) is 0. The maximum atomic E-state index is 2.64. The molecule has 0 N–H and O–H groups in total. The molecular weight excluding hydrogens is 821 g/mol. The number of nitrogens with zero attached hydrogens (tertiary/aromatic N) is 2. The summed E-state index contributed by atoms with van der Waals surface area (Å²) in [5.41, 5.74) is 15.7. The summed E-state index contributed by atoms with van der Waals surface area (Å²) in [6.07, 6.45) is 6.97. The summed E-state index contributed by atoms with van der Waals surface area (Å²) in [7, 11) is 0. The van der Waals surface area contributed by atoms with Gasteiger partial charge in [-0.05, 0) is 188 Å². The molecule has 0 atom stereocenters. The Morgan fingerprint density at radius 3 is 1.50 bits per heavy atom. The SMILES string of the molecule is c1ccc(N(c2cccc(-c3ccc4ccccc4c3)c2)c2ccc3ccc4c(N(c5ccccc5)c5ccc6c(c5)C5(c7ccccc7-6)C6CC7CC(C6)CC5C7)ccc5ccc2c3c54)cc1. The van der Waals surface area contributed by atoms with Gasteiger partial charge in [0.2, 0.25) is 0 Å². The average Bonchev–Trinajstić information content (AvgIpc) is 3.68. The highest BCUT2D eigenvalue weighted by Gasteiger charge is 2.61. The van der Waals surface area contributed by atoms with E-state index in [0.717, 1.165) is 23.2 Å². The Kier molecular flexibility index (Phi) is 8.28. The smallest absolute Gasteiger partial charge is 0.0540 e. The zero-order valence-corrected chi connectivity index (χ0v) is 38.0. The number of anilines is 6. The lowest BCUT2D eigenvalue weighted by atomic mass is 9.43. The first kappa shape index (κ1) is 38.4. The topological polar surface area (TPSA) is 6.48 Å². The van der Waals surface area contributed by atoms with E-state index in [1.54, 1.807) is 11.1 Å². The Labute approximate surface area is 398 Å². The second-order valence-corrected chi connectivity index (χ2v) is 20.5. The molecule has 0 aliphatic heterocycles. The minimum Gasteiger partial charge on any atom is -0.310 e. The number of hydrogen-bond acceptors (Lipinski definition) is 2. The van der Waals surface area contributed by atoms with Gasteiger partial charge in [-0.1, -0.05) is 152 Å². The molecule has 0 radical (unpaired) electrons. The van der Waals surface area contributed by atoms with E-state index in [1.807, 2.05) is 0 Å². The van der Waals surface area contributed by atoms with Crippen LogP contribution in [0.1, 0.15) is 43.2 Å². The first-order valence-corrected chi connectivity index (χ1v) is 24.9. The normalized spacial score (nSPS) is 21.0. The van der Waals surface area contributed by atoms with Crippen LogP contribution in [-0.2, 0) is 5.41 Å².